The van der Waals surface area contributed by atoms with Crippen LogP contribution in [0.5, 0.6) is 0 Å². The summed E-state index contributed by atoms with van der Waals surface area (Å²) in [4.78, 5) is 0. The highest BCUT2D eigenvalue weighted by Crippen LogP contribution is 2.15. The highest BCUT2D eigenvalue weighted by atomic mass is 19.2. The molecule has 0 saturated carbocycles. The van der Waals surface area contributed by atoms with Crippen LogP contribution in [0.2, 0.25) is 0 Å². The highest BCUT2D eigenvalue weighted by molar-refractivity contribution is 5.18. The largest absolute Gasteiger partial charge is 0.396 e. The summed E-state index contributed by atoms with van der Waals surface area (Å²) in [5.74, 6) is -1.44. The van der Waals surface area contributed by atoms with E-state index in [-0.39, 0.29) is 0 Å². The third-order valence-electron chi connectivity index (χ3n) is 3.39. The summed E-state index contributed by atoms with van der Waals surface area (Å²) in [5.41, 5.74) is 0.489. The molecule has 1 rings (SSSR count). The fourth-order valence-electron chi connectivity index (χ4n) is 2.23. The van der Waals surface area contributed by atoms with Crippen LogP contribution >= 0.6 is 0 Å². The Morgan fingerprint density at radius 3 is 2.00 bits per heavy atom. The second kappa shape index (κ2) is 9.90. The summed E-state index contributed by atoms with van der Waals surface area (Å²) < 4.78 is 26.3. The fourth-order valence-corrected chi connectivity index (χ4v) is 2.23. The van der Waals surface area contributed by atoms with Crippen molar-refractivity contribution in [3.05, 3.63) is 35.4 Å². The molecular formula is C16H24F2O. The number of aliphatic hydroxyl groups excluding tert-OH is 1. The van der Waals surface area contributed by atoms with Crippen LogP contribution in [0, 0.1) is 11.6 Å². The molecule has 3 heteroatoms. The molecule has 0 atom stereocenters. The van der Waals surface area contributed by atoms with Gasteiger partial charge in [0.05, 0.1) is 0 Å². The summed E-state index contributed by atoms with van der Waals surface area (Å²) in [6.07, 6.45) is 9.32. The first kappa shape index (κ1) is 16.1. The van der Waals surface area contributed by atoms with Gasteiger partial charge >= 0.3 is 0 Å². The summed E-state index contributed by atoms with van der Waals surface area (Å²) >= 11 is 0. The van der Waals surface area contributed by atoms with Crippen molar-refractivity contribution in [2.75, 3.05) is 6.61 Å². The van der Waals surface area contributed by atoms with Gasteiger partial charge in [-0.05, 0) is 30.9 Å². The van der Waals surface area contributed by atoms with Gasteiger partial charge in [-0.15, -0.1) is 0 Å². The van der Waals surface area contributed by atoms with Crippen molar-refractivity contribution < 1.29 is 13.9 Å². The predicted octanol–water partition coefficient (Wildman–Crippen LogP) is 4.62. The van der Waals surface area contributed by atoms with Crippen LogP contribution in [0.15, 0.2) is 18.2 Å². The molecule has 0 fully saturated rings. The minimum absolute atomic E-state index is 0.291. The van der Waals surface area contributed by atoms with Gasteiger partial charge in [-0.2, -0.15) is 0 Å². The van der Waals surface area contributed by atoms with Crippen molar-refractivity contribution in [1.29, 1.82) is 0 Å². The molecule has 0 amide bonds. The third kappa shape index (κ3) is 6.67. The smallest absolute Gasteiger partial charge is 0.162 e. The van der Waals surface area contributed by atoms with E-state index in [4.69, 9.17) is 5.11 Å². The molecule has 0 aliphatic heterocycles. The summed E-state index contributed by atoms with van der Waals surface area (Å²) in [7, 11) is 0. The zero-order chi connectivity index (χ0) is 13.9. The van der Waals surface area contributed by atoms with E-state index in [1.807, 2.05) is 0 Å². The average molecular weight is 270 g/mol. The molecule has 108 valence electrons. The fraction of sp³-hybridized carbons (Fsp3) is 0.625. The first-order valence-electron chi connectivity index (χ1n) is 7.29. The van der Waals surface area contributed by atoms with Crippen LogP contribution in [-0.2, 0) is 6.42 Å². The molecular weight excluding hydrogens is 246 g/mol. The number of hydrogen-bond acceptors (Lipinski definition) is 1. The minimum Gasteiger partial charge on any atom is -0.396 e. The van der Waals surface area contributed by atoms with E-state index < -0.39 is 11.6 Å². The van der Waals surface area contributed by atoms with Gasteiger partial charge in [0.15, 0.2) is 11.6 Å². The Morgan fingerprint density at radius 1 is 0.789 bits per heavy atom. The van der Waals surface area contributed by atoms with Gasteiger partial charge in [-0.1, -0.05) is 50.7 Å². The molecule has 0 radical (unpaired) electrons. The molecule has 1 aromatic rings. The molecule has 1 aromatic carbocycles. The molecule has 0 heterocycles. The van der Waals surface area contributed by atoms with Gasteiger partial charge in [0, 0.05) is 6.61 Å². The quantitative estimate of drug-likeness (QED) is 0.615. The number of aryl methyl sites for hydroxylation is 1. The highest BCUT2D eigenvalue weighted by Gasteiger charge is 2.06. The van der Waals surface area contributed by atoms with Gasteiger partial charge in [-0.25, -0.2) is 8.78 Å². The van der Waals surface area contributed by atoms with Gasteiger partial charge in [0.2, 0.25) is 0 Å². The van der Waals surface area contributed by atoms with Gasteiger partial charge in [0.1, 0.15) is 0 Å². The summed E-state index contributed by atoms with van der Waals surface area (Å²) in [6, 6.07) is 4.38. The molecule has 1 N–H and O–H groups in total. The average Bonchev–Trinajstić information content (AvgIpc) is 2.41. The molecule has 0 spiro atoms. The lowest BCUT2D eigenvalue weighted by Gasteiger charge is -2.04. The molecule has 0 saturated heterocycles. The first-order chi connectivity index (χ1) is 9.25. The van der Waals surface area contributed by atoms with Crippen molar-refractivity contribution >= 4 is 0 Å². The van der Waals surface area contributed by atoms with Crippen LogP contribution in [0.4, 0.5) is 8.78 Å². The van der Waals surface area contributed by atoms with Crippen LogP contribution in [0.25, 0.3) is 0 Å². The van der Waals surface area contributed by atoms with E-state index in [1.165, 1.54) is 19.3 Å². The second-order valence-electron chi connectivity index (χ2n) is 5.01. The van der Waals surface area contributed by atoms with Crippen molar-refractivity contribution in [2.24, 2.45) is 0 Å². The number of hydrogen-bond donors (Lipinski definition) is 1. The topological polar surface area (TPSA) is 20.2 Å². The van der Waals surface area contributed by atoms with E-state index in [2.05, 4.69) is 0 Å². The lowest BCUT2D eigenvalue weighted by atomic mass is 10.0. The SMILES string of the molecule is OCCCCCCCCCCc1cccc(F)c1F. The molecule has 0 aromatic heterocycles. The van der Waals surface area contributed by atoms with Gasteiger partial charge in [-0.3, -0.25) is 0 Å². The maximum atomic E-state index is 13.4. The Balaban J connectivity index is 2.03. The van der Waals surface area contributed by atoms with Crippen molar-refractivity contribution in [3.63, 3.8) is 0 Å². The number of halogens is 2. The van der Waals surface area contributed by atoms with Gasteiger partial charge < -0.3 is 5.11 Å². The Kier molecular flexibility index (Phi) is 8.39. The van der Waals surface area contributed by atoms with E-state index in [0.717, 1.165) is 38.2 Å². The predicted molar refractivity (Wildman–Crippen MR) is 74.1 cm³/mol. The van der Waals surface area contributed by atoms with Crippen LogP contribution in [0.3, 0.4) is 0 Å². The maximum absolute atomic E-state index is 13.4. The van der Waals surface area contributed by atoms with E-state index in [1.54, 1.807) is 12.1 Å². The standard InChI is InChI=1S/C16H24F2O/c17-15-12-9-11-14(16(15)18)10-7-5-3-1-2-4-6-8-13-19/h9,11-12,19H,1-8,10,13H2. The van der Waals surface area contributed by atoms with E-state index in [9.17, 15) is 8.78 Å². The number of unbranched alkanes of at least 4 members (excludes halogenated alkanes) is 7. The Bertz CT molecular complexity index is 353. The van der Waals surface area contributed by atoms with Gasteiger partial charge in [0.25, 0.3) is 0 Å². The molecule has 0 aliphatic rings. The Labute approximate surface area is 114 Å². The third-order valence-corrected chi connectivity index (χ3v) is 3.39. The van der Waals surface area contributed by atoms with Crippen molar-refractivity contribution in [3.8, 4) is 0 Å². The van der Waals surface area contributed by atoms with Crippen LogP contribution in [-0.4, -0.2) is 11.7 Å². The van der Waals surface area contributed by atoms with E-state index in [0.29, 0.717) is 18.6 Å². The van der Waals surface area contributed by atoms with Crippen molar-refractivity contribution in [1.82, 2.24) is 0 Å². The van der Waals surface area contributed by atoms with Crippen LogP contribution in [0.1, 0.15) is 56.9 Å². The summed E-state index contributed by atoms with van der Waals surface area (Å²) in [5, 5.41) is 8.63. The minimum atomic E-state index is -0.749. The lowest BCUT2D eigenvalue weighted by molar-refractivity contribution is 0.282. The normalized spacial score (nSPS) is 10.9. The summed E-state index contributed by atoms with van der Waals surface area (Å²) in [6.45, 7) is 0.291. The molecule has 0 aliphatic carbocycles. The molecule has 19 heavy (non-hydrogen) atoms. The first-order valence-corrected chi connectivity index (χ1v) is 7.29. The number of rotatable bonds is 10. The van der Waals surface area contributed by atoms with E-state index >= 15 is 0 Å². The molecule has 0 bridgehead atoms. The zero-order valence-electron chi connectivity index (χ0n) is 11.5. The molecule has 0 unspecified atom stereocenters. The number of benzene rings is 1. The molecule has 1 nitrogen and oxygen atoms in total. The van der Waals surface area contributed by atoms with Crippen molar-refractivity contribution in [2.45, 2.75) is 57.8 Å². The Morgan fingerprint density at radius 2 is 1.37 bits per heavy atom. The maximum Gasteiger partial charge on any atom is 0.162 e. The zero-order valence-corrected chi connectivity index (χ0v) is 11.5. The second-order valence-corrected chi connectivity index (χ2v) is 5.01. The monoisotopic (exact) mass is 270 g/mol. The Hall–Kier alpha value is -0.960. The number of aliphatic hydroxyl groups is 1. The lowest BCUT2D eigenvalue weighted by Crippen LogP contribution is -1.94. The van der Waals surface area contributed by atoms with Crippen LogP contribution < -0.4 is 0 Å².